The van der Waals surface area contributed by atoms with E-state index in [9.17, 15) is 18.0 Å². The van der Waals surface area contributed by atoms with Crippen LogP contribution in [0.3, 0.4) is 0 Å². The van der Waals surface area contributed by atoms with Crippen LogP contribution in [0.4, 0.5) is 18.9 Å². The van der Waals surface area contributed by atoms with E-state index >= 15 is 0 Å². The lowest BCUT2D eigenvalue weighted by Crippen LogP contribution is -2.31. The predicted octanol–water partition coefficient (Wildman–Crippen LogP) is 3.68. The molecule has 0 unspecified atom stereocenters. The molecule has 0 spiro atoms. The van der Waals surface area contributed by atoms with Crippen molar-refractivity contribution in [2.24, 2.45) is 0 Å². The molecule has 0 atom stereocenters. The maximum atomic E-state index is 12.6. The van der Waals surface area contributed by atoms with E-state index in [4.69, 9.17) is 4.42 Å². The number of carbonyl (C=O) groups is 1. The normalized spacial score (nSPS) is 11.3. The fourth-order valence-electron chi connectivity index (χ4n) is 2.01. The van der Waals surface area contributed by atoms with Crippen LogP contribution < -0.4 is 5.32 Å². The van der Waals surface area contributed by atoms with E-state index in [1.807, 2.05) is 0 Å². The molecule has 1 heterocycles. The van der Waals surface area contributed by atoms with Crippen LogP contribution in [0.1, 0.15) is 17.1 Å². The van der Waals surface area contributed by atoms with Gasteiger partial charge in [0.1, 0.15) is 11.5 Å². The molecule has 2 aromatic rings. The van der Waals surface area contributed by atoms with Crippen molar-refractivity contribution < 1.29 is 22.4 Å². The van der Waals surface area contributed by atoms with E-state index in [1.165, 1.54) is 17.0 Å². The molecule has 0 radical (unpaired) electrons. The van der Waals surface area contributed by atoms with Crippen LogP contribution in [-0.4, -0.2) is 24.4 Å². The number of anilines is 1. The number of furan rings is 1. The number of alkyl halides is 3. The molecule has 0 bridgehead atoms. The Bertz CT molecular complexity index is 680. The number of likely N-dealkylation sites (N-methyl/N-ethyl adjacent to an activating group) is 1. The molecule has 1 aromatic carbocycles. The number of amides is 1. The van der Waals surface area contributed by atoms with Crippen molar-refractivity contribution in [3.05, 3.63) is 53.5 Å². The quantitative estimate of drug-likeness (QED) is 0.912. The van der Waals surface area contributed by atoms with Gasteiger partial charge < -0.3 is 14.6 Å². The summed E-state index contributed by atoms with van der Waals surface area (Å²) >= 11 is 0. The van der Waals surface area contributed by atoms with E-state index in [0.29, 0.717) is 12.3 Å². The smallest absolute Gasteiger partial charge is 0.416 e. The third kappa shape index (κ3) is 4.77. The van der Waals surface area contributed by atoms with Gasteiger partial charge in [-0.05, 0) is 37.3 Å². The zero-order chi connectivity index (χ0) is 17.0. The average Bonchev–Trinajstić information content (AvgIpc) is 2.89. The first kappa shape index (κ1) is 16.9. The van der Waals surface area contributed by atoms with Crippen molar-refractivity contribution in [1.82, 2.24) is 4.90 Å². The number of benzene rings is 1. The molecule has 0 aliphatic heterocycles. The van der Waals surface area contributed by atoms with Crippen molar-refractivity contribution in [2.45, 2.75) is 19.6 Å². The summed E-state index contributed by atoms with van der Waals surface area (Å²) in [6, 6.07) is 8.32. The minimum Gasteiger partial charge on any atom is -0.464 e. The van der Waals surface area contributed by atoms with Crippen LogP contribution in [0.2, 0.25) is 0 Å². The molecule has 1 N–H and O–H groups in total. The lowest BCUT2D eigenvalue weighted by atomic mass is 10.2. The van der Waals surface area contributed by atoms with Crippen LogP contribution in [0.25, 0.3) is 0 Å². The highest BCUT2D eigenvalue weighted by Gasteiger charge is 2.30. The number of halogens is 3. The fourth-order valence-corrected chi connectivity index (χ4v) is 2.01. The van der Waals surface area contributed by atoms with Crippen LogP contribution in [-0.2, 0) is 17.5 Å². The van der Waals surface area contributed by atoms with E-state index in [1.54, 1.807) is 26.1 Å². The van der Waals surface area contributed by atoms with Crippen molar-refractivity contribution in [2.75, 3.05) is 18.9 Å². The highest BCUT2D eigenvalue weighted by molar-refractivity contribution is 5.80. The number of hydrogen-bond donors (Lipinski definition) is 1. The van der Waals surface area contributed by atoms with Crippen LogP contribution in [0, 0.1) is 6.92 Å². The van der Waals surface area contributed by atoms with Gasteiger partial charge in [0.15, 0.2) is 0 Å². The second-order valence-corrected chi connectivity index (χ2v) is 5.19. The SMILES string of the molecule is Cc1ccc(CN(C)C(=O)CNc2cccc(C(F)(F)F)c2)o1. The van der Waals surface area contributed by atoms with Gasteiger partial charge in [0.2, 0.25) is 5.91 Å². The van der Waals surface area contributed by atoms with Gasteiger partial charge in [-0.15, -0.1) is 0 Å². The first-order valence-corrected chi connectivity index (χ1v) is 6.96. The summed E-state index contributed by atoms with van der Waals surface area (Å²) in [7, 11) is 1.61. The molecule has 124 valence electrons. The van der Waals surface area contributed by atoms with E-state index < -0.39 is 11.7 Å². The van der Waals surface area contributed by atoms with Crippen molar-refractivity contribution >= 4 is 11.6 Å². The Labute approximate surface area is 131 Å². The minimum atomic E-state index is -4.41. The van der Waals surface area contributed by atoms with Crippen molar-refractivity contribution in [3.63, 3.8) is 0 Å². The van der Waals surface area contributed by atoms with Gasteiger partial charge >= 0.3 is 6.18 Å². The minimum absolute atomic E-state index is 0.0997. The number of rotatable bonds is 5. The Morgan fingerprint density at radius 2 is 2.00 bits per heavy atom. The van der Waals surface area contributed by atoms with Gasteiger partial charge in [0.05, 0.1) is 18.7 Å². The third-order valence-corrected chi connectivity index (χ3v) is 3.25. The summed E-state index contributed by atoms with van der Waals surface area (Å²) in [5.41, 5.74) is -0.509. The van der Waals surface area contributed by atoms with Gasteiger partial charge in [0, 0.05) is 12.7 Å². The van der Waals surface area contributed by atoms with Gasteiger partial charge in [0.25, 0.3) is 0 Å². The van der Waals surface area contributed by atoms with Gasteiger partial charge in [-0.1, -0.05) is 6.07 Å². The van der Waals surface area contributed by atoms with Crippen LogP contribution in [0.15, 0.2) is 40.8 Å². The molecule has 0 aliphatic carbocycles. The summed E-state index contributed by atoms with van der Waals surface area (Å²) in [5.74, 6) is 1.15. The average molecular weight is 326 g/mol. The monoisotopic (exact) mass is 326 g/mol. The molecule has 4 nitrogen and oxygen atoms in total. The number of nitrogens with zero attached hydrogens (tertiary/aromatic N) is 1. The van der Waals surface area contributed by atoms with Crippen LogP contribution in [0.5, 0.6) is 0 Å². The predicted molar refractivity (Wildman–Crippen MR) is 79.9 cm³/mol. The Morgan fingerprint density at radius 1 is 1.26 bits per heavy atom. The standard InChI is InChI=1S/C16H17F3N2O2/c1-11-6-7-14(23-11)10-21(2)15(22)9-20-13-5-3-4-12(8-13)16(17,18)19/h3-8,20H,9-10H2,1-2H3. The highest BCUT2D eigenvalue weighted by Crippen LogP contribution is 2.30. The van der Waals surface area contributed by atoms with E-state index in [2.05, 4.69) is 5.32 Å². The molecule has 23 heavy (non-hydrogen) atoms. The zero-order valence-corrected chi connectivity index (χ0v) is 12.8. The Hall–Kier alpha value is -2.44. The first-order chi connectivity index (χ1) is 10.8. The Kier molecular flexibility index (Phi) is 4.98. The van der Waals surface area contributed by atoms with Crippen molar-refractivity contribution in [3.8, 4) is 0 Å². The summed E-state index contributed by atoms with van der Waals surface area (Å²) in [6.45, 7) is 2.01. The van der Waals surface area contributed by atoms with Gasteiger partial charge in [-0.3, -0.25) is 4.79 Å². The highest BCUT2D eigenvalue weighted by atomic mass is 19.4. The zero-order valence-electron chi connectivity index (χ0n) is 12.8. The molecule has 1 amide bonds. The maximum Gasteiger partial charge on any atom is 0.416 e. The number of hydrogen-bond acceptors (Lipinski definition) is 3. The topological polar surface area (TPSA) is 45.5 Å². The lowest BCUT2D eigenvalue weighted by molar-refractivity contribution is -0.137. The number of aryl methyl sites for hydroxylation is 1. The summed E-state index contributed by atoms with van der Waals surface area (Å²) in [4.78, 5) is 13.5. The molecule has 0 fully saturated rings. The molecule has 1 aromatic heterocycles. The van der Waals surface area contributed by atoms with Crippen molar-refractivity contribution in [1.29, 1.82) is 0 Å². The number of nitrogens with one attached hydrogen (secondary N) is 1. The Morgan fingerprint density at radius 3 is 2.61 bits per heavy atom. The molecule has 7 heteroatoms. The largest absolute Gasteiger partial charge is 0.464 e. The molecule has 2 rings (SSSR count). The molecule has 0 aliphatic rings. The Balaban J connectivity index is 1.91. The fraction of sp³-hybridized carbons (Fsp3) is 0.312. The van der Waals surface area contributed by atoms with Crippen LogP contribution >= 0.6 is 0 Å². The first-order valence-electron chi connectivity index (χ1n) is 6.96. The van der Waals surface area contributed by atoms with Gasteiger partial charge in [-0.25, -0.2) is 0 Å². The summed E-state index contributed by atoms with van der Waals surface area (Å²) < 4.78 is 43.3. The molecule has 0 saturated heterocycles. The molecule has 0 saturated carbocycles. The molecular formula is C16H17F3N2O2. The number of carbonyl (C=O) groups excluding carboxylic acids is 1. The lowest BCUT2D eigenvalue weighted by Gasteiger charge is -2.17. The summed E-state index contributed by atoms with van der Waals surface area (Å²) in [5, 5.41) is 2.71. The second-order valence-electron chi connectivity index (χ2n) is 5.19. The second kappa shape index (κ2) is 6.76. The summed E-state index contributed by atoms with van der Waals surface area (Å²) in [6.07, 6.45) is -4.41. The third-order valence-electron chi connectivity index (χ3n) is 3.25. The maximum absolute atomic E-state index is 12.6. The van der Waals surface area contributed by atoms with E-state index in [-0.39, 0.29) is 18.1 Å². The molecular weight excluding hydrogens is 309 g/mol. The van der Waals surface area contributed by atoms with Gasteiger partial charge in [-0.2, -0.15) is 13.2 Å². The van der Waals surface area contributed by atoms with E-state index in [0.717, 1.165) is 17.9 Å².